The molecule has 2 bridgehead atoms. The van der Waals surface area contributed by atoms with Gasteiger partial charge in [0.15, 0.2) is 0 Å². The highest BCUT2D eigenvalue weighted by Gasteiger charge is 2.34. The number of fused-ring (bicyclic) bond motifs is 3. The zero-order chi connectivity index (χ0) is 12.8. The van der Waals surface area contributed by atoms with E-state index in [2.05, 4.69) is 17.0 Å². The number of morpholine rings is 1. The topological polar surface area (TPSA) is 51.4 Å². The van der Waals surface area contributed by atoms with E-state index in [0.717, 1.165) is 35.5 Å². The average molecular weight is 255 g/mol. The van der Waals surface area contributed by atoms with E-state index < -0.39 is 0 Å². The molecule has 2 N–H and O–H groups in total. The SMILES string of the molecule is Nc1ccc2nc(N3CC4CCC(C3)O4)ccc2c1. The van der Waals surface area contributed by atoms with Crippen molar-refractivity contribution >= 4 is 22.4 Å². The van der Waals surface area contributed by atoms with Gasteiger partial charge in [0.1, 0.15) is 5.82 Å². The Morgan fingerprint density at radius 3 is 2.68 bits per heavy atom. The quantitative estimate of drug-likeness (QED) is 0.794. The third-order valence-electron chi connectivity index (χ3n) is 4.07. The minimum Gasteiger partial charge on any atom is -0.399 e. The van der Waals surface area contributed by atoms with Crippen LogP contribution >= 0.6 is 0 Å². The lowest BCUT2D eigenvalue weighted by Crippen LogP contribution is -2.43. The summed E-state index contributed by atoms with van der Waals surface area (Å²) in [5, 5.41) is 1.10. The first-order valence-corrected chi connectivity index (χ1v) is 6.85. The third kappa shape index (κ3) is 1.92. The van der Waals surface area contributed by atoms with Crippen molar-refractivity contribution in [3.8, 4) is 0 Å². The van der Waals surface area contributed by atoms with E-state index in [1.54, 1.807) is 0 Å². The molecule has 0 aliphatic carbocycles. The molecule has 2 aliphatic rings. The molecule has 0 spiro atoms. The van der Waals surface area contributed by atoms with Crippen molar-refractivity contribution in [1.29, 1.82) is 0 Å². The summed E-state index contributed by atoms with van der Waals surface area (Å²) in [6.07, 6.45) is 3.15. The predicted molar refractivity (Wildman–Crippen MR) is 76.3 cm³/mol. The monoisotopic (exact) mass is 255 g/mol. The first kappa shape index (κ1) is 11.1. The summed E-state index contributed by atoms with van der Waals surface area (Å²) in [7, 11) is 0. The van der Waals surface area contributed by atoms with Gasteiger partial charge in [-0.1, -0.05) is 0 Å². The predicted octanol–water partition coefficient (Wildman–Crippen LogP) is 2.18. The van der Waals surface area contributed by atoms with Gasteiger partial charge >= 0.3 is 0 Å². The molecule has 0 amide bonds. The molecule has 2 aromatic rings. The van der Waals surface area contributed by atoms with Crippen LogP contribution in [0.5, 0.6) is 0 Å². The zero-order valence-corrected chi connectivity index (χ0v) is 10.7. The van der Waals surface area contributed by atoms with Crippen molar-refractivity contribution in [2.75, 3.05) is 23.7 Å². The molecule has 4 heteroatoms. The highest BCUT2D eigenvalue weighted by molar-refractivity contribution is 5.83. The van der Waals surface area contributed by atoms with Crippen LogP contribution in [0.15, 0.2) is 30.3 Å². The van der Waals surface area contributed by atoms with Gasteiger partial charge in [-0.2, -0.15) is 0 Å². The van der Waals surface area contributed by atoms with Gasteiger partial charge in [-0.05, 0) is 43.2 Å². The summed E-state index contributed by atoms with van der Waals surface area (Å²) in [4.78, 5) is 7.10. The van der Waals surface area contributed by atoms with Crippen LogP contribution in [-0.2, 0) is 4.74 Å². The highest BCUT2D eigenvalue weighted by atomic mass is 16.5. The van der Waals surface area contributed by atoms with E-state index >= 15 is 0 Å². The van der Waals surface area contributed by atoms with Crippen molar-refractivity contribution in [3.05, 3.63) is 30.3 Å². The van der Waals surface area contributed by atoms with Crippen molar-refractivity contribution in [2.45, 2.75) is 25.0 Å². The molecule has 2 saturated heterocycles. The molecular weight excluding hydrogens is 238 g/mol. The molecule has 2 aliphatic heterocycles. The normalized spacial score (nSPS) is 26.0. The van der Waals surface area contributed by atoms with Crippen LogP contribution in [0.4, 0.5) is 11.5 Å². The van der Waals surface area contributed by atoms with Gasteiger partial charge in [0.2, 0.25) is 0 Å². The molecule has 3 heterocycles. The van der Waals surface area contributed by atoms with E-state index in [-0.39, 0.29) is 0 Å². The fourth-order valence-corrected chi connectivity index (χ4v) is 3.11. The van der Waals surface area contributed by atoms with Crippen LogP contribution in [0, 0.1) is 0 Å². The number of rotatable bonds is 1. The maximum Gasteiger partial charge on any atom is 0.129 e. The van der Waals surface area contributed by atoms with E-state index in [9.17, 15) is 0 Å². The van der Waals surface area contributed by atoms with Crippen molar-refractivity contribution in [1.82, 2.24) is 4.98 Å². The van der Waals surface area contributed by atoms with Gasteiger partial charge in [-0.25, -0.2) is 4.98 Å². The minimum atomic E-state index is 0.391. The van der Waals surface area contributed by atoms with Crippen LogP contribution in [0.3, 0.4) is 0 Å². The van der Waals surface area contributed by atoms with Gasteiger partial charge in [0, 0.05) is 24.2 Å². The number of nitrogen functional groups attached to an aromatic ring is 1. The molecule has 19 heavy (non-hydrogen) atoms. The van der Waals surface area contributed by atoms with Gasteiger partial charge < -0.3 is 15.4 Å². The van der Waals surface area contributed by atoms with E-state index in [0.29, 0.717) is 12.2 Å². The molecule has 1 aromatic carbocycles. The van der Waals surface area contributed by atoms with Crippen LogP contribution in [0.1, 0.15) is 12.8 Å². The number of ether oxygens (including phenoxy) is 1. The summed E-state index contributed by atoms with van der Waals surface area (Å²) in [5.41, 5.74) is 7.58. The molecule has 1 aromatic heterocycles. The number of hydrogen-bond donors (Lipinski definition) is 1. The van der Waals surface area contributed by atoms with Crippen LogP contribution in [0.25, 0.3) is 10.9 Å². The number of benzene rings is 1. The first-order valence-electron chi connectivity index (χ1n) is 6.85. The number of hydrogen-bond acceptors (Lipinski definition) is 4. The largest absolute Gasteiger partial charge is 0.399 e. The van der Waals surface area contributed by atoms with E-state index in [4.69, 9.17) is 15.5 Å². The Hall–Kier alpha value is -1.81. The Kier molecular flexibility index (Phi) is 2.38. The smallest absolute Gasteiger partial charge is 0.129 e. The Morgan fingerprint density at radius 2 is 1.89 bits per heavy atom. The average Bonchev–Trinajstić information content (AvgIpc) is 2.77. The molecule has 2 unspecified atom stereocenters. The van der Waals surface area contributed by atoms with Crippen LogP contribution in [-0.4, -0.2) is 30.3 Å². The Morgan fingerprint density at radius 1 is 1.11 bits per heavy atom. The Balaban J connectivity index is 1.69. The minimum absolute atomic E-state index is 0.391. The fraction of sp³-hybridized carbons (Fsp3) is 0.400. The maximum absolute atomic E-state index is 5.87. The van der Waals surface area contributed by atoms with Crippen LogP contribution in [0.2, 0.25) is 0 Å². The number of nitrogens with two attached hydrogens (primary N) is 1. The second-order valence-electron chi connectivity index (χ2n) is 5.48. The lowest BCUT2D eigenvalue weighted by Gasteiger charge is -2.33. The number of aromatic nitrogens is 1. The summed E-state index contributed by atoms with van der Waals surface area (Å²) in [6.45, 7) is 1.92. The molecule has 2 fully saturated rings. The van der Waals surface area contributed by atoms with Crippen molar-refractivity contribution < 1.29 is 4.74 Å². The van der Waals surface area contributed by atoms with Crippen LogP contribution < -0.4 is 10.6 Å². The van der Waals surface area contributed by atoms with E-state index in [1.807, 2.05) is 18.2 Å². The molecular formula is C15H17N3O. The Bertz CT molecular complexity index is 616. The summed E-state index contributed by atoms with van der Waals surface area (Å²) in [6, 6.07) is 10.1. The number of nitrogens with zero attached hydrogens (tertiary/aromatic N) is 2. The lowest BCUT2D eigenvalue weighted by molar-refractivity contribution is 0.0302. The molecule has 2 atom stereocenters. The van der Waals surface area contributed by atoms with Gasteiger partial charge in [0.25, 0.3) is 0 Å². The van der Waals surface area contributed by atoms with Crippen molar-refractivity contribution in [2.24, 2.45) is 0 Å². The third-order valence-corrected chi connectivity index (χ3v) is 4.07. The van der Waals surface area contributed by atoms with Gasteiger partial charge in [0.05, 0.1) is 17.7 Å². The molecule has 98 valence electrons. The molecule has 0 radical (unpaired) electrons. The number of pyridine rings is 1. The summed E-state index contributed by atoms with van der Waals surface area (Å²) >= 11 is 0. The zero-order valence-electron chi connectivity index (χ0n) is 10.7. The molecule has 4 rings (SSSR count). The lowest BCUT2D eigenvalue weighted by atomic mass is 10.2. The maximum atomic E-state index is 5.87. The summed E-state index contributed by atoms with van der Waals surface area (Å²) < 4.78 is 5.87. The standard InChI is InChI=1S/C15H17N3O/c16-11-2-5-14-10(7-11)1-6-15(17-14)18-8-12-3-4-13(9-18)19-12/h1-2,5-7,12-13H,3-4,8-9,16H2. The van der Waals surface area contributed by atoms with Gasteiger partial charge in [-0.3, -0.25) is 0 Å². The van der Waals surface area contributed by atoms with E-state index in [1.165, 1.54) is 12.8 Å². The Labute approximate surface area is 112 Å². The number of anilines is 2. The summed E-state index contributed by atoms with van der Waals surface area (Å²) in [5.74, 6) is 1.05. The molecule has 0 saturated carbocycles. The second kappa shape index (κ2) is 4.10. The van der Waals surface area contributed by atoms with Gasteiger partial charge in [-0.15, -0.1) is 0 Å². The molecule has 4 nitrogen and oxygen atoms in total. The fourth-order valence-electron chi connectivity index (χ4n) is 3.11. The second-order valence-corrected chi connectivity index (χ2v) is 5.48. The highest BCUT2D eigenvalue weighted by Crippen LogP contribution is 2.29. The van der Waals surface area contributed by atoms with Crippen molar-refractivity contribution in [3.63, 3.8) is 0 Å². The first-order chi connectivity index (χ1) is 9.28.